The van der Waals surface area contributed by atoms with Gasteiger partial charge in [-0.05, 0) is 31.0 Å². The van der Waals surface area contributed by atoms with Gasteiger partial charge in [0.05, 0.1) is 11.2 Å². The SMILES string of the molecule is Cl.Cl.NCCOc1ccc2[nH]c(=O)c3c(c2c1)NCCC3. The highest BCUT2D eigenvalue weighted by atomic mass is 35.5. The number of hydrogen-bond donors (Lipinski definition) is 3. The molecule has 21 heavy (non-hydrogen) atoms. The van der Waals surface area contributed by atoms with Crippen LogP contribution in [-0.2, 0) is 6.42 Å². The lowest BCUT2D eigenvalue weighted by molar-refractivity contribution is 0.329. The smallest absolute Gasteiger partial charge is 0.253 e. The summed E-state index contributed by atoms with van der Waals surface area (Å²) in [7, 11) is 0. The van der Waals surface area contributed by atoms with Crippen molar-refractivity contribution >= 4 is 41.4 Å². The molecular weight excluding hydrogens is 313 g/mol. The number of anilines is 1. The fourth-order valence-corrected chi connectivity index (χ4v) is 2.50. The first-order chi connectivity index (χ1) is 9.29. The van der Waals surface area contributed by atoms with Crippen LogP contribution in [0.4, 0.5) is 5.69 Å². The number of nitrogens with two attached hydrogens (primary N) is 1. The van der Waals surface area contributed by atoms with Crippen molar-refractivity contribution in [3.05, 3.63) is 34.1 Å². The van der Waals surface area contributed by atoms with Crippen molar-refractivity contribution < 1.29 is 4.74 Å². The van der Waals surface area contributed by atoms with Gasteiger partial charge in [0, 0.05) is 24.0 Å². The van der Waals surface area contributed by atoms with Crippen molar-refractivity contribution in [1.29, 1.82) is 0 Å². The molecule has 0 bridgehead atoms. The third-order valence-electron chi connectivity index (χ3n) is 3.38. The molecule has 0 spiro atoms. The number of nitrogens with one attached hydrogen (secondary N) is 2. The fraction of sp³-hybridized carbons (Fsp3) is 0.357. The van der Waals surface area contributed by atoms with E-state index in [9.17, 15) is 4.79 Å². The zero-order valence-electron chi connectivity index (χ0n) is 11.5. The standard InChI is InChI=1S/C14H17N3O2.2ClH/c15-5-7-19-9-3-4-12-11(8-9)13-10(14(18)17-12)2-1-6-16-13;;/h3-4,8,16H,1-2,5-7,15H2,(H,17,18);2*1H. The first-order valence-electron chi connectivity index (χ1n) is 6.55. The number of pyridine rings is 1. The van der Waals surface area contributed by atoms with Gasteiger partial charge in [-0.2, -0.15) is 0 Å². The largest absolute Gasteiger partial charge is 0.492 e. The molecule has 4 N–H and O–H groups in total. The number of H-pyrrole nitrogens is 1. The Balaban J connectivity index is 0.00000110. The van der Waals surface area contributed by atoms with E-state index < -0.39 is 0 Å². The molecule has 1 aliphatic heterocycles. The van der Waals surface area contributed by atoms with Crippen LogP contribution in [0.2, 0.25) is 0 Å². The predicted molar refractivity (Wildman–Crippen MR) is 90.4 cm³/mol. The van der Waals surface area contributed by atoms with Crippen LogP contribution in [0.1, 0.15) is 12.0 Å². The van der Waals surface area contributed by atoms with Gasteiger partial charge in [0.15, 0.2) is 0 Å². The molecule has 0 radical (unpaired) electrons. The predicted octanol–water partition coefficient (Wildman–Crippen LogP) is 2.07. The summed E-state index contributed by atoms with van der Waals surface area (Å²) in [5.41, 5.74) is 8.06. The van der Waals surface area contributed by atoms with E-state index in [1.54, 1.807) is 0 Å². The van der Waals surface area contributed by atoms with Crippen molar-refractivity contribution in [3.63, 3.8) is 0 Å². The van der Waals surface area contributed by atoms with Gasteiger partial charge in [-0.25, -0.2) is 0 Å². The Bertz CT molecular complexity index is 673. The van der Waals surface area contributed by atoms with Crippen LogP contribution >= 0.6 is 24.8 Å². The van der Waals surface area contributed by atoms with Gasteiger partial charge < -0.3 is 20.8 Å². The highest BCUT2D eigenvalue weighted by Crippen LogP contribution is 2.30. The molecule has 0 unspecified atom stereocenters. The summed E-state index contributed by atoms with van der Waals surface area (Å²) < 4.78 is 5.54. The van der Waals surface area contributed by atoms with Gasteiger partial charge in [0.25, 0.3) is 5.56 Å². The van der Waals surface area contributed by atoms with Crippen LogP contribution in [-0.4, -0.2) is 24.7 Å². The summed E-state index contributed by atoms with van der Waals surface area (Å²) >= 11 is 0. The van der Waals surface area contributed by atoms with Gasteiger partial charge in [0.2, 0.25) is 0 Å². The Morgan fingerprint density at radius 1 is 1.29 bits per heavy atom. The van der Waals surface area contributed by atoms with Crippen LogP contribution in [0, 0.1) is 0 Å². The maximum atomic E-state index is 12.0. The molecule has 0 saturated carbocycles. The topological polar surface area (TPSA) is 80.1 Å². The quantitative estimate of drug-likeness (QED) is 0.804. The first kappa shape index (κ1) is 17.6. The lowest BCUT2D eigenvalue weighted by Gasteiger charge is -2.19. The van der Waals surface area contributed by atoms with E-state index in [-0.39, 0.29) is 30.4 Å². The number of halogens is 2. The minimum absolute atomic E-state index is 0. The Morgan fingerprint density at radius 3 is 2.86 bits per heavy atom. The number of ether oxygens (including phenoxy) is 1. The Morgan fingerprint density at radius 2 is 2.10 bits per heavy atom. The van der Waals surface area contributed by atoms with Crippen LogP contribution < -0.4 is 21.3 Å². The average Bonchev–Trinajstić information content (AvgIpc) is 2.46. The average molecular weight is 332 g/mol. The molecule has 0 aliphatic carbocycles. The van der Waals surface area contributed by atoms with E-state index in [4.69, 9.17) is 10.5 Å². The second-order valence-corrected chi connectivity index (χ2v) is 4.68. The molecule has 1 aromatic heterocycles. The number of fused-ring (bicyclic) bond motifs is 3. The van der Waals surface area contributed by atoms with Crippen LogP contribution in [0.3, 0.4) is 0 Å². The van der Waals surface area contributed by atoms with E-state index in [0.717, 1.165) is 47.3 Å². The van der Waals surface area contributed by atoms with Crippen molar-refractivity contribution in [2.24, 2.45) is 5.73 Å². The molecule has 0 atom stereocenters. The molecule has 1 aromatic carbocycles. The van der Waals surface area contributed by atoms with Gasteiger partial charge in [0.1, 0.15) is 12.4 Å². The molecule has 3 rings (SSSR count). The number of rotatable bonds is 3. The molecule has 2 aromatic rings. The van der Waals surface area contributed by atoms with E-state index in [1.165, 1.54) is 0 Å². The molecule has 1 aliphatic rings. The molecule has 0 amide bonds. The molecule has 2 heterocycles. The highest BCUT2D eigenvalue weighted by molar-refractivity contribution is 5.94. The minimum Gasteiger partial charge on any atom is -0.492 e. The molecule has 0 saturated heterocycles. The van der Waals surface area contributed by atoms with Gasteiger partial charge in [-0.1, -0.05) is 0 Å². The van der Waals surface area contributed by atoms with Crippen molar-refractivity contribution in [3.8, 4) is 5.75 Å². The normalized spacial score (nSPS) is 12.6. The fourth-order valence-electron chi connectivity index (χ4n) is 2.50. The Kier molecular flexibility index (Phi) is 6.33. The molecule has 116 valence electrons. The van der Waals surface area contributed by atoms with E-state index in [1.807, 2.05) is 18.2 Å². The molecular formula is C14H19Cl2N3O2. The molecule has 0 fully saturated rings. The third kappa shape index (κ3) is 3.43. The number of aromatic amines is 1. The second-order valence-electron chi connectivity index (χ2n) is 4.68. The number of benzene rings is 1. The highest BCUT2D eigenvalue weighted by Gasteiger charge is 2.16. The van der Waals surface area contributed by atoms with Crippen molar-refractivity contribution in [2.75, 3.05) is 25.0 Å². The summed E-state index contributed by atoms with van der Waals surface area (Å²) in [5, 5.41) is 4.33. The first-order valence-corrected chi connectivity index (χ1v) is 6.55. The van der Waals surface area contributed by atoms with Crippen LogP contribution in [0.5, 0.6) is 5.75 Å². The van der Waals surface area contributed by atoms with Crippen LogP contribution in [0.15, 0.2) is 23.0 Å². The van der Waals surface area contributed by atoms with Gasteiger partial charge in [-0.15, -0.1) is 24.8 Å². The third-order valence-corrected chi connectivity index (χ3v) is 3.38. The number of hydrogen-bond acceptors (Lipinski definition) is 4. The second kappa shape index (κ2) is 7.54. The van der Waals surface area contributed by atoms with Crippen LogP contribution in [0.25, 0.3) is 10.9 Å². The summed E-state index contributed by atoms with van der Waals surface area (Å²) in [6, 6.07) is 5.68. The van der Waals surface area contributed by atoms with E-state index >= 15 is 0 Å². The van der Waals surface area contributed by atoms with Crippen molar-refractivity contribution in [1.82, 2.24) is 4.98 Å². The zero-order valence-corrected chi connectivity index (χ0v) is 13.1. The summed E-state index contributed by atoms with van der Waals surface area (Å²) in [5.74, 6) is 0.777. The van der Waals surface area contributed by atoms with E-state index in [0.29, 0.717) is 13.2 Å². The summed E-state index contributed by atoms with van der Waals surface area (Å²) in [4.78, 5) is 14.9. The van der Waals surface area contributed by atoms with Gasteiger partial charge in [-0.3, -0.25) is 4.79 Å². The minimum atomic E-state index is 0. The molecule has 5 nitrogen and oxygen atoms in total. The summed E-state index contributed by atoms with van der Waals surface area (Å²) in [6.07, 6.45) is 1.81. The monoisotopic (exact) mass is 331 g/mol. The maximum absolute atomic E-state index is 12.0. The molecule has 7 heteroatoms. The Labute approximate surface area is 135 Å². The Hall–Kier alpha value is -1.43. The van der Waals surface area contributed by atoms with Gasteiger partial charge >= 0.3 is 0 Å². The van der Waals surface area contributed by atoms with Crippen molar-refractivity contribution in [2.45, 2.75) is 12.8 Å². The lowest BCUT2D eigenvalue weighted by atomic mass is 10.0. The summed E-state index contributed by atoms with van der Waals surface area (Å²) in [6.45, 7) is 1.88. The maximum Gasteiger partial charge on any atom is 0.253 e. The lowest BCUT2D eigenvalue weighted by Crippen LogP contribution is -2.22. The zero-order chi connectivity index (χ0) is 13.2. The van der Waals surface area contributed by atoms with E-state index in [2.05, 4.69) is 10.3 Å². The number of aromatic nitrogens is 1.